The Morgan fingerprint density at radius 1 is 1.06 bits per heavy atom. The van der Waals surface area contributed by atoms with Crippen LogP contribution in [0.3, 0.4) is 0 Å². The highest BCUT2D eigenvalue weighted by Gasteiger charge is 2.28. The Morgan fingerprint density at radius 3 is 2.32 bits per heavy atom. The molecule has 0 fully saturated rings. The summed E-state index contributed by atoms with van der Waals surface area (Å²) in [7, 11) is 3.05. The highest BCUT2D eigenvalue weighted by Crippen LogP contribution is 2.41. The molecule has 0 aliphatic heterocycles. The molecule has 0 spiro atoms. The number of rotatable bonds is 6. The van der Waals surface area contributed by atoms with Crippen LogP contribution in [0, 0.1) is 6.92 Å². The Bertz CT molecular complexity index is 1090. The molecule has 0 radical (unpaired) electrons. The van der Waals surface area contributed by atoms with Gasteiger partial charge in [-0.2, -0.15) is 5.10 Å². The number of nitrogens with zero attached hydrogens (tertiary/aromatic N) is 2. The van der Waals surface area contributed by atoms with Gasteiger partial charge in [-0.05, 0) is 64.1 Å². The predicted octanol–water partition coefficient (Wildman–Crippen LogP) is 5.99. The summed E-state index contributed by atoms with van der Waals surface area (Å²) in [4.78, 5) is 14.8. The minimum absolute atomic E-state index is 0.296. The zero-order chi connectivity index (χ0) is 22.8. The SMILES string of the molecule is COc1ccc(C(=O)Oc2c(Sc3ccc(Cl)cc3)c(C)nn2C(C)(C)C)c(OC)c1. The van der Waals surface area contributed by atoms with Crippen molar-refractivity contribution in [3.05, 3.63) is 58.7 Å². The third-order valence-corrected chi connectivity index (χ3v) is 5.89. The number of hydrogen-bond acceptors (Lipinski definition) is 6. The quantitative estimate of drug-likeness (QED) is 0.421. The lowest BCUT2D eigenvalue weighted by molar-refractivity contribution is 0.0700. The van der Waals surface area contributed by atoms with Crippen LogP contribution in [0.15, 0.2) is 52.3 Å². The van der Waals surface area contributed by atoms with E-state index in [9.17, 15) is 4.79 Å². The molecule has 0 unspecified atom stereocenters. The summed E-state index contributed by atoms with van der Waals surface area (Å²) in [6.45, 7) is 7.90. The molecule has 1 aromatic heterocycles. The number of ether oxygens (including phenoxy) is 3. The second-order valence-electron chi connectivity index (χ2n) is 7.81. The molecule has 3 rings (SSSR count). The largest absolute Gasteiger partial charge is 0.497 e. The van der Waals surface area contributed by atoms with Crippen molar-refractivity contribution in [2.45, 2.75) is 43.0 Å². The van der Waals surface area contributed by atoms with E-state index in [2.05, 4.69) is 5.10 Å². The molecule has 1 heterocycles. The van der Waals surface area contributed by atoms with Gasteiger partial charge in [0.2, 0.25) is 5.88 Å². The maximum Gasteiger partial charge on any atom is 0.348 e. The number of esters is 1. The van der Waals surface area contributed by atoms with Crippen molar-refractivity contribution in [1.82, 2.24) is 9.78 Å². The van der Waals surface area contributed by atoms with Gasteiger partial charge in [0.25, 0.3) is 0 Å². The van der Waals surface area contributed by atoms with E-state index in [1.165, 1.54) is 18.9 Å². The second kappa shape index (κ2) is 9.24. The van der Waals surface area contributed by atoms with Crippen LogP contribution in [-0.4, -0.2) is 30.0 Å². The fourth-order valence-corrected chi connectivity index (χ4v) is 3.92. The molecule has 0 N–H and O–H groups in total. The maximum absolute atomic E-state index is 13.1. The van der Waals surface area contributed by atoms with E-state index in [0.717, 1.165) is 15.5 Å². The van der Waals surface area contributed by atoms with Gasteiger partial charge in [0, 0.05) is 16.0 Å². The van der Waals surface area contributed by atoms with E-state index in [-0.39, 0.29) is 0 Å². The van der Waals surface area contributed by atoms with E-state index < -0.39 is 11.5 Å². The highest BCUT2D eigenvalue weighted by molar-refractivity contribution is 7.99. The van der Waals surface area contributed by atoms with Crippen LogP contribution in [-0.2, 0) is 5.54 Å². The molecule has 0 saturated heterocycles. The van der Waals surface area contributed by atoms with Crippen molar-refractivity contribution >= 4 is 29.3 Å². The lowest BCUT2D eigenvalue weighted by atomic mass is 10.1. The molecule has 2 aromatic carbocycles. The summed E-state index contributed by atoms with van der Waals surface area (Å²) in [5, 5.41) is 5.31. The minimum atomic E-state index is -0.539. The average Bonchev–Trinajstić information content (AvgIpc) is 3.04. The van der Waals surface area contributed by atoms with Crippen LogP contribution in [0.2, 0.25) is 5.02 Å². The first kappa shape index (κ1) is 23.0. The Kier molecular flexibility index (Phi) is 6.86. The highest BCUT2D eigenvalue weighted by atomic mass is 35.5. The molecule has 8 heteroatoms. The van der Waals surface area contributed by atoms with Gasteiger partial charge < -0.3 is 14.2 Å². The molecule has 31 heavy (non-hydrogen) atoms. The maximum atomic E-state index is 13.1. The smallest absolute Gasteiger partial charge is 0.348 e. The lowest BCUT2D eigenvalue weighted by Crippen LogP contribution is -2.25. The fraction of sp³-hybridized carbons (Fsp3) is 0.304. The Balaban J connectivity index is 2.02. The zero-order valence-electron chi connectivity index (χ0n) is 18.4. The van der Waals surface area contributed by atoms with E-state index in [4.69, 9.17) is 25.8 Å². The number of halogens is 1. The van der Waals surface area contributed by atoms with Gasteiger partial charge in [-0.3, -0.25) is 0 Å². The van der Waals surface area contributed by atoms with Gasteiger partial charge in [-0.25, -0.2) is 9.48 Å². The first-order chi connectivity index (χ1) is 14.6. The Morgan fingerprint density at radius 2 is 1.74 bits per heavy atom. The molecule has 0 saturated carbocycles. The van der Waals surface area contributed by atoms with Gasteiger partial charge in [0.1, 0.15) is 17.1 Å². The summed E-state index contributed by atoms with van der Waals surface area (Å²) in [6.07, 6.45) is 0. The predicted molar refractivity (Wildman–Crippen MR) is 122 cm³/mol. The van der Waals surface area contributed by atoms with Gasteiger partial charge in [-0.15, -0.1) is 0 Å². The summed E-state index contributed by atoms with van der Waals surface area (Å²) < 4.78 is 18.2. The molecule has 0 atom stereocenters. The number of benzene rings is 2. The van der Waals surface area contributed by atoms with Gasteiger partial charge in [-0.1, -0.05) is 23.4 Å². The van der Waals surface area contributed by atoms with Gasteiger partial charge >= 0.3 is 5.97 Å². The molecule has 0 amide bonds. The van der Waals surface area contributed by atoms with Crippen molar-refractivity contribution < 1.29 is 19.0 Å². The number of hydrogen-bond donors (Lipinski definition) is 0. The topological polar surface area (TPSA) is 62.6 Å². The van der Waals surface area contributed by atoms with E-state index in [0.29, 0.717) is 28.0 Å². The van der Waals surface area contributed by atoms with E-state index >= 15 is 0 Å². The van der Waals surface area contributed by atoms with Crippen molar-refractivity contribution in [3.8, 4) is 17.4 Å². The van der Waals surface area contributed by atoms with Gasteiger partial charge in [0.05, 0.1) is 30.3 Å². The first-order valence-electron chi connectivity index (χ1n) is 9.61. The minimum Gasteiger partial charge on any atom is -0.497 e. The first-order valence-corrected chi connectivity index (χ1v) is 10.8. The lowest BCUT2D eigenvalue weighted by Gasteiger charge is -2.22. The van der Waals surface area contributed by atoms with Crippen LogP contribution in [0.1, 0.15) is 36.8 Å². The van der Waals surface area contributed by atoms with Crippen molar-refractivity contribution in [1.29, 1.82) is 0 Å². The van der Waals surface area contributed by atoms with Crippen molar-refractivity contribution in [2.75, 3.05) is 14.2 Å². The molecule has 0 aliphatic rings. The number of carbonyl (C=O) groups excluding carboxylic acids is 1. The van der Waals surface area contributed by atoms with Crippen LogP contribution in [0.25, 0.3) is 0 Å². The number of aromatic nitrogens is 2. The standard InChI is InChI=1S/C23H25ClN2O4S/c1-14-20(31-17-10-7-15(24)8-11-17)21(26(25-14)23(2,3)4)30-22(27)18-12-9-16(28-5)13-19(18)29-6/h7-13H,1-6H3. The van der Waals surface area contributed by atoms with Crippen LogP contribution < -0.4 is 14.2 Å². The fourth-order valence-electron chi connectivity index (χ4n) is 2.88. The number of aryl methyl sites for hydroxylation is 1. The molecule has 6 nitrogen and oxygen atoms in total. The van der Waals surface area contributed by atoms with Crippen LogP contribution >= 0.6 is 23.4 Å². The molecular weight excluding hydrogens is 436 g/mol. The summed E-state index contributed by atoms with van der Waals surface area (Å²) in [5.74, 6) is 0.799. The zero-order valence-corrected chi connectivity index (χ0v) is 19.9. The van der Waals surface area contributed by atoms with Crippen molar-refractivity contribution in [3.63, 3.8) is 0 Å². The summed E-state index contributed by atoms with van der Waals surface area (Å²) in [5.41, 5.74) is 0.660. The normalized spacial score (nSPS) is 11.3. The molecule has 0 aliphatic carbocycles. The third kappa shape index (κ3) is 5.17. The Hall–Kier alpha value is -2.64. The van der Waals surface area contributed by atoms with Crippen LogP contribution in [0.4, 0.5) is 0 Å². The second-order valence-corrected chi connectivity index (χ2v) is 9.33. The Labute approximate surface area is 191 Å². The molecule has 0 bridgehead atoms. The van der Waals surface area contributed by atoms with E-state index in [1.807, 2.05) is 52.0 Å². The molecular formula is C23H25ClN2O4S. The van der Waals surface area contributed by atoms with Crippen molar-refractivity contribution in [2.24, 2.45) is 0 Å². The monoisotopic (exact) mass is 460 g/mol. The molecule has 164 valence electrons. The number of carbonyl (C=O) groups is 1. The van der Waals surface area contributed by atoms with Crippen LogP contribution in [0.5, 0.6) is 17.4 Å². The third-order valence-electron chi connectivity index (χ3n) is 4.45. The molecule has 3 aromatic rings. The number of methoxy groups -OCH3 is 2. The average molecular weight is 461 g/mol. The van der Waals surface area contributed by atoms with Gasteiger partial charge in [0.15, 0.2) is 0 Å². The summed E-state index contributed by atoms with van der Waals surface area (Å²) >= 11 is 7.48. The van der Waals surface area contributed by atoms with E-state index in [1.54, 1.807) is 30.0 Å². The summed E-state index contributed by atoms with van der Waals surface area (Å²) in [6, 6.07) is 12.4.